The first-order valence-corrected chi connectivity index (χ1v) is 16.6. The minimum atomic E-state index is 0.110. The molecule has 0 spiro atoms. The van der Waals surface area contributed by atoms with E-state index in [0.29, 0.717) is 16.8 Å². The van der Waals surface area contributed by atoms with Gasteiger partial charge >= 0.3 is 0 Å². The molecule has 50 heavy (non-hydrogen) atoms. The molecule has 0 radical (unpaired) electrons. The number of furan rings is 1. The van der Waals surface area contributed by atoms with Gasteiger partial charge in [-0.05, 0) is 88.0 Å². The number of aromatic hydroxyl groups is 1. The van der Waals surface area contributed by atoms with E-state index in [1.165, 1.54) is 0 Å². The van der Waals surface area contributed by atoms with E-state index >= 15 is 0 Å². The van der Waals surface area contributed by atoms with Crippen LogP contribution in [-0.2, 0) is 0 Å². The van der Waals surface area contributed by atoms with E-state index in [2.05, 4.69) is 84.9 Å². The van der Waals surface area contributed by atoms with Crippen LogP contribution in [0.15, 0.2) is 180 Å². The summed E-state index contributed by atoms with van der Waals surface area (Å²) in [6.45, 7) is 0. The molecule has 9 aromatic rings. The highest BCUT2D eigenvalue weighted by Crippen LogP contribution is 2.43. The van der Waals surface area contributed by atoms with Gasteiger partial charge in [-0.1, -0.05) is 115 Å². The van der Waals surface area contributed by atoms with Crippen LogP contribution < -0.4 is 0 Å². The van der Waals surface area contributed by atoms with Crippen LogP contribution in [0.5, 0.6) is 5.75 Å². The Labute approximate surface area is 289 Å². The lowest BCUT2D eigenvalue weighted by Gasteiger charge is -2.12. The molecule has 0 aliphatic carbocycles. The number of aromatic nitrogens is 2. The van der Waals surface area contributed by atoms with Gasteiger partial charge in [0.05, 0.1) is 22.6 Å². The van der Waals surface area contributed by atoms with Gasteiger partial charge in [0.1, 0.15) is 16.9 Å². The average molecular weight is 643 g/mol. The van der Waals surface area contributed by atoms with E-state index in [-0.39, 0.29) is 5.75 Å². The monoisotopic (exact) mass is 642 g/mol. The predicted molar refractivity (Wildman–Crippen MR) is 204 cm³/mol. The molecule has 0 unspecified atom stereocenters. The number of hydrogen-bond acceptors (Lipinski definition) is 4. The Hall–Kier alpha value is -6.78. The number of fused-ring (bicyclic) bond motifs is 3. The highest BCUT2D eigenvalue weighted by Gasteiger charge is 2.20. The normalized spacial score (nSPS) is 11.3. The molecule has 0 atom stereocenters. The Morgan fingerprint density at radius 1 is 0.400 bits per heavy atom. The molecule has 4 nitrogen and oxygen atoms in total. The summed E-state index contributed by atoms with van der Waals surface area (Å²) in [7, 11) is 0. The zero-order chi connectivity index (χ0) is 33.4. The number of hydrogen-bond donors (Lipinski definition) is 1. The predicted octanol–water partition coefficient (Wildman–Crippen LogP) is 12.1. The molecular weight excluding hydrogens is 613 g/mol. The Kier molecular flexibility index (Phi) is 7.25. The van der Waals surface area contributed by atoms with Crippen LogP contribution in [0.25, 0.3) is 89.1 Å². The summed E-state index contributed by atoms with van der Waals surface area (Å²) < 4.78 is 6.59. The first-order valence-electron chi connectivity index (χ1n) is 16.6. The molecule has 4 heteroatoms. The fourth-order valence-corrected chi connectivity index (χ4v) is 6.73. The van der Waals surface area contributed by atoms with E-state index in [1.54, 1.807) is 6.07 Å². The third-order valence-electron chi connectivity index (χ3n) is 9.24. The highest BCUT2D eigenvalue weighted by molar-refractivity contribution is 6.11. The zero-order valence-electron chi connectivity index (χ0n) is 27.0. The topological polar surface area (TPSA) is 59.2 Å². The van der Waals surface area contributed by atoms with E-state index in [1.807, 2.05) is 85.1 Å². The van der Waals surface area contributed by atoms with Gasteiger partial charge in [0.25, 0.3) is 0 Å². The van der Waals surface area contributed by atoms with Crippen molar-refractivity contribution in [3.8, 4) is 72.9 Å². The van der Waals surface area contributed by atoms with Crippen molar-refractivity contribution in [1.82, 2.24) is 9.97 Å². The summed E-state index contributed by atoms with van der Waals surface area (Å²) in [5.41, 5.74) is 12.6. The molecule has 0 aliphatic heterocycles. The molecule has 236 valence electrons. The molecule has 3 heterocycles. The summed E-state index contributed by atoms with van der Waals surface area (Å²) in [6.07, 6.45) is 1.86. The van der Waals surface area contributed by atoms with Gasteiger partial charge in [0.15, 0.2) is 0 Å². The number of nitrogens with zero attached hydrogens (tertiary/aromatic N) is 2. The minimum absolute atomic E-state index is 0.110. The van der Waals surface area contributed by atoms with E-state index < -0.39 is 0 Å². The summed E-state index contributed by atoms with van der Waals surface area (Å²) in [6, 6.07) is 57.4. The molecule has 0 saturated carbocycles. The molecule has 0 fully saturated rings. The first-order chi connectivity index (χ1) is 24.7. The van der Waals surface area contributed by atoms with Gasteiger partial charge in [-0.25, -0.2) is 4.98 Å². The number of benzene rings is 6. The van der Waals surface area contributed by atoms with E-state index in [9.17, 15) is 5.11 Å². The SMILES string of the molecule is Oc1ccc2c(oc3cc(-c4ccccc4)ccc32)c1-c1cc(-c2ccccc2)cc(-c2cccc(-c3cc(-c4ccccc4)ccn3)c2)n1. The number of pyridine rings is 2. The van der Waals surface area contributed by atoms with Gasteiger partial charge in [-0.15, -0.1) is 0 Å². The largest absolute Gasteiger partial charge is 0.507 e. The number of rotatable bonds is 6. The summed E-state index contributed by atoms with van der Waals surface area (Å²) in [5.74, 6) is 0.110. The number of phenolic OH excluding ortho intramolecular Hbond substituents is 1. The van der Waals surface area contributed by atoms with Crippen LogP contribution in [-0.4, -0.2) is 15.1 Å². The van der Waals surface area contributed by atoms with Crippen LogP contribution in [0, 0.1) is 0 Å². The average Bonchev–Trinajstić information content (AvgIpc) is 3.56. The number of phenols is 1. The summed E-state index contributed by atoms with van der Waals surface area (Å²) in [5, 5.41) is 13.4. The van der Waals surface area contributed by atoms with Crippen LogP contribution in [0.2, 0.25) is 0 Å². The lowest BCUT2D eigenvalue weighted by molar-refractivity contribution is 0.477. The van der Waals surface area contributed by atoms with Crippen molar-refractivity contribution in [1.29, 1.82) is 0 Å². The standard InChI is InChI=1S/C46H30N2O2/c49-43-22-21-39-38-20-19-33(30-11-4-1-5-12-30)29-44(38)50-46(39)45(43)42-28-37(32-15-8-3-9-16-32)27-41(48-42)36-18-10-17-35(25-36)40-26-34(23-24-47-40)31-13-6-2-7-14-31/h1-29,49H. The molecule has 1 N–H and O–H groups in total. The quantitative estimate of drug-likeness (QED) is 0.196. The maximum atomic E-state index is 11.4. The van der Waals surface area contributed by atoms with Crippen LogP contribution >= 0.6 is 0 Å². The molecule has 0 bridgehead atoms. The Bertz CT molecular complexity index is 2650. The molecule has 3 aromatic heterocycles. The smallest absolute Gasteiger partial charge is 0.148 e. The summed E-state index contributed by atoms with van der Waals surface area (Å²) >= 11 is 0. The van der Waals surface area contributed by atoms with Crippen molar-refractivity contribution in [2.45, 2.75) is 0 Å². The first kappa shape index (κ1) is 29.4. The molecule has 0 aliphatic rings. The van der Waals surface area contributed by atoms with Crippen molar-refractivity contribution >= 4 is 21.9 Å². The van der Waals surface area contributed by atoms with Crippen molar-refractivity contribution in [2.75, 3.05) is 0 Å². The van der Waals surface area contributed by atoms with Crippen molar-refractivity contribution in [3.05, 3.63) is 176 Å². The van der Waals surface area contributed by atoms with Crippen molar-refractivity contribution < 1.29 is 9.52 Å². The minimum Gasteiger partial charge on any atom is -0.507 e. The van der Waals surface area contributed by atoms with Crippen LogP contribution in [0.4, 0.5) is 0 Å². The van der Waals surface area contributed by atoms with Crippen molar-refractivity contribution in [2.24, 2.45) is 0 Å². The Morgan fingerprint density at radius 2 is 0.960 bits per heavy atom. The van der Waals surface area contributed by atoms with Gasteiger partial charge in [-0.2, -0.15) is 0 Å². The maximum Gasteiger partial charge on any atom is 0.148 e. The lowest BCUT2D eigenvalue weighted by Crippen LogP contribution is -1.93. The second-order valence-electron chi connectivity index (χ2n) is 12.4. The van der Waals surface area contributed by atoms with Gasteiger partial charge < -0.3 is 9.52 Å². The second kappa shape index (κ2) is 12.3. The maximum absolute atomic E-state index is 11.4. The van der Waals surface area contributed by atoms with Gasteiger partial charge in [0, 0.05) is 28.1 Å². The third kappa shape index (κ3) is 5.39. The fourth-order valence-electron chi connectivity index (χ4n) is 6.73. The van der Waals surface area contributed by atoms with Crippen LogP contribution in [0.3, 0.4) is 0 Å². The molecule has 0 saturated heterocycles. The molecule has 0 amide bonds. The summed E-state index contributed by atoms with van der Waals surface area (Å²) in [4.78, 5) is 9.93. The highest BCUT2D eigenvalue weighted by atomic mass is 16.3. The van der Waals surface area contributed by atoms with Gasteiger partial charge in [-0.3, -0.25) is 4.98 Å². The third-order valence-corrected chi connectivity index (χ3v) is 9.24. The van der Waals surface area contributed by atoms with E-state index in [0.717, 1.165) is 72.3 Å². The van der Waals surface area contributed by atoms with Gasteiger partial charge in [0.2, 0.25) is 0 Å². The molecule has 9 rings (SSSR count). The van der Waals surface area contributed by atoms with E-state index in [4.69, 9.17) is 14.4 Å². The molecular formula is C46H30N2O2. The molecule has 6 aromatic carbocycles. The lowest BCUT2D eigenvalue weighted by atomic mass is 9.97. The second-order valence-corrected chi connectivity index (χ2v) is 12.4. The van der Waals surface area contributed by atoms with Crippen LogP contribution in [0.1, 0.15) is 0 Å². The Balaban J connectivity index is 1.20. The fraction of sp³-hybridized carbons (Fsp3) is 0. The Morgan fingerprint density at radius 3 is 1.66 bits per heavy atom. The zero-order valence-corrected chi connectivity index (χ0v) is 27.0. The van der Waals surface area contributed by atoms with Crippen molar-refractivity contribution in [3.63, 3.8) is 0 Å².